The fourth-order valence-electron chi connectivity index (χ4n) is 5.61. The Morgan fingerprint density at radius 3 is 2.68 bits per heavy atom. The maximum atomic E-state index is 11.8. The molecule has 3 aliphatic rings. The van der Waals surface area contributed by atoms with Crippen molar-refractivity contribution in [3.05, 3.63) is 65.2 Å². The predicted molar refractivity (Wildman–Crippen MR) is 131 cm³/mol. The second-order valence-electron chi connectivity index (χ2n) is 10.2. The van der Waals surface area contributed by atoms with Crippen molar-refractivity contribution >= 4 is 5.91 Å². The van der Waals surface area contributed by atoms with E-state index in [9.17, 15) is 9.90 Å². The van der Waals surface area contributed by atoms with Crippen LogP contribution >= 0.6 is 0 Å². The largest absolute Gasteiger partial charge is 0.487 e. The third-order valence-electron chi connectivity index (χ3n) is 7.60. The van der Waals surface area contributed by atoms with Crippen LogP contribution in [-0.4, -0.2) is 41.9 Å². The first-order chi connectivity index (χ1) is 16.5. The van der Waals surface area contributed by atoms with E-state index < -0.39 is 6.10 Å². The normalized spacial score (nSPS) is 24.5. The molecule has 1 spiro atoms. The maximum absolute atomic E-state index is 11.8. The van der Waals surface area contributed by atoms with Gasteiger partial charge in [0.2, 0.25) is 5.91 Å². The third-order valence-corrected chi connectivity index (χ3v) is 7.60. The van der Waals surface area contributed by atoms with Gasteiger partial charge in [-0.3, -0.25) is 4.79 Å². The molecule has 1 saturated heterocycles. The van der Waals surface area contributed by atoms with E-state index >= 15 is 0 Å². The van der Waals surface area contributed by atoms with Crippen molar-refractivity contribution in [2.45, 2.75) is 81.8 Å². The Labute approximate surface area is 202 Å². The van der Waals surface area contributed by atoms with Crippen molar-refractivity contribution in [3.8, 4) is 5.75 Å². The van der Waals surface area contributed by atoms with Crippen molar-refractivity contribution in [1.82, 2.24) is 10.6 Å². The van der Waals surface area contributed by atoms with Crippen LogP contribution in [0.2, 0.25) is 0 Å². The lowest BCUT2D eigenvalue weighted by atomic mass is 9.72. The number of hydrogen-bond acceptors (Lipinski definition) is 5. The molecule has 0 radical (unpaired) electrons. The summed E-state index contributed by atoms with van der Waals surface area (Å²) in [4.78, 5) is 11.8. The van der Waals surface area contributed by atoms with Gasteiger partial charge in [-0.25, -0.2) is 0 Å². The molecule has 0 unspecified atom stereocenters. The smallest absolute Gasteiger partial charge is 0.217 e. The average Bonchev–Trinajstić information content (AvgIpc) is 3.36. The van der Waals surface area contributed by atoms with Gasteiger partial charge in [-0.15, -0.1) is 0 Å². The van der Waals surface area contributed by atoms with E-state index in [0.29, 0.717) is 13.0 Å². The average molecular weight is 465 g/mol. The molecule has 0 aromatic heterocycles. The zero-order valence-corrected chi connectivity index (χ0v) is 20.0. The van der Waals surface area contributed by atoms with Crippen LogP contribution in [0, 0.1) is 0 Å². The van der Waals surface area contributed by atoms with Gasteiger partial charge in [0.1, 0.15) is 11.4 Å². The van der Waals surface area contributed by atoms with Crippen LogP contribution in [0.1, 0.15) is 74.3 Å². The number of aliphatic hydroxyl groups is 1. The standard InChI is InChI=1S/C28H36N2O4/c1-19(31)30-23(15-20-7-3-2-4-8-20)25(32)18-29-24-17-28(12-6-13-28)34-27-11-10-21(16-22(24)27)26-9-5-14-33-26/h2-4,7-8,10-11,16,23-26,29,32H,5-6,9,12-15,17-18H2,1H3,(H,30,31)/t23-,24-,25+,26-/m0/s1. The van der Waals surface area contributed by atoms with E-state index in [4.69, 9.17) is 9.47 Å². The first kappa shape index (κ1) is 23.3. The first-order valence-electron chi connectivity index (χ1n) is 12.7. The molecule has 4 atom stereocenters. The zero-order chi connectivity index (χ0) is 23.5. The summed E-state index contributed by atoms with van der Waals surface area (Å²) in [6.45, 7) is 2.71. The number of carbonyl (C=O) groups is 1. The fourth-order valence-corrected chi connectivity index (χ4v) is 5.61. The molecule has 0 bridgehead atoms. The minimum atomic E-state index is -0.714. The lowest BCUT2D eigenvalue weighted by molar-refractivity contribution is -0.120. The van der Waals surface area contributed by atoms with Crippen LogP contribution in [0.25, 0.3) is 0 Å². The third kappa shape index (κ3) is 5.14. The Hall–Kier alpha value is -2.41. The minimum Gasteiger partial charge on any atom is -0.487 e. The molecule has 3 N–H and O–H groups in total. The van der Waals surface area contributed by atoms with Gasteiger partial charge in [0.05, 0.1) is 18.2 Å². The number of hydrogen-bond donors (Lipinski definition) is 3. The SMILES string of the molecule is CC(=O)N[C@@H](Cc1ccccc1)[C@H](O)CN[C@H]1CC2(CCC2)Oc2ccc([C@@H]3CCCO3)cc21. The van der Waals surface area contributed by atoms with Crippen molar-refractivity contribution in [1.29, 1.82) is 0 Å². The van der Waals surface area contributed by atoms with Gasteiger partial charge >= 0.3 is 0 Å². The molecule has 1 aliphatic carbocycles. The Morgan fingerprint density at radius 2 is 2.00 bits per heavy atom. The van der Waals surface area contributed by atoms with Gasteiger partial charge in [0, 0.05) is 38.1 Å². The molecule has 2 fully saturated rings. The van der Waals surface area contributed by atoms with Gasteiger partial charge in [0.25, 0.3) is 0 Å². The lowest BCUT2D eigenvalue weighted by Gasteiger charge is -2.48. The number of amides is 1. The van der Waals surface area contributed by atoms with Crippen molar-refractivity contribution < 1.29 is 19.4 Å². The predicted octanol–water partition coefficient (Wildman–Crippen LogP) is 3.98. The van der Waals surface area contributed by atoms with Gasteiger partial charge in [-0.1, -0.05) is 36.4 Å². The summed E-state index contributed by atoms with van der Waals surface area (Å²) >= 11 is 0. The lowest BCUT2D eigenvalue weighted by Crippen LogP contribution is -2.52. The van der Waals surface area contributed by atoms with E-state index in [1.807, 2.05) is 30.3 Å². The summed E-state index contributed by atoms with van der Waals surface area (Å²) in [6, 6.07) is 16.2. The van der Waals surface area contributed by atoms with E-state index in [0.717, 1.165) is 55.6 Å². The number of rotatable bonds is 8. The highest BCUT2D eigenvalue weighted by Crippen LogP contribution is 2.49. The van der Waals surface area contributed by atoms with E-state index in [-0.39, 0.29) is 29.7 Å². The molecular weight excluding hydrogens is 428 g/mol. The van der Waals surface area contributed by atoms with Crippen molar-refractivity contribution in [3.63, 3.8) is 0 Å². The monoisotopic (exact) mass is 464 g/mol. The highest BCUT2D eigenvalue weighted by Gasteiger charge is 2.45. The van der Waals surface area contributed by atoms with E-state index in [2.05, 4.69) is 28.8 Å². The molecule has 5 rings (SSSR count). The summed E-state index contributed by atoms with van der Waals surface area (Å²) in [5, 5.41) is 17.7. The van der Waals surface area contributed by atoms with Crippen LogP contribution in [0.3, 0.4) is 0 Å². The van der Waals surface area contributed by atoms with Crippen molar-refractivity contribution in [2.75, 3.05) is 13.2 Å². The quantitative estimate of drug-likeness (QED) is 0.551. The molecule has 2 heterocycles. The Kier molecular flexibility index (Phi) is 6.91. The van der Waals surface area contributed by atoms with Crippen LogP contribution < -0.4 is 15.4 Å². The number of aliphatic hydroxyl groups excluding tert-OH is 1. The van der Waals surface area contributed by atoms with Crippen LogP contribution in [0.5, 0.6) is 5.75 Å². The van der Waals surface area contributed by atoms with Gasteiger partial charge < -0.3 is 25.2 Å². The van der Waals surface area contributed by atoms with Crippen LogP contribution in [0.4, 0.5) is 0 Å². The molecule has 6 heteroatoms. The fraction of sp³-hybridized carbons (Fsp3) is 0.536. The number of carbonyl (C=O) groups excluding carboxylic acids is 1. The summed E-state index contributed by atoms with van der Waals surface area (Å²) < 4.78 is 12.4. The molecular formula is C28H36N2O4. The summed E-state index contributed by atoms with van der Waals surface area (Å²) in [5.41, 5.74) is 3.35. The van der Waals surface area contributed by atoms with Gasteiger partial charge in [0.15, 0.2) is 0 Å². The summed E-state index contributed by atoms with van der Waals surface area (Å²) in [6.07, 6.45) is 6.42. The number of benzene rings is 2. The van der Waals surface area contributed by atoms with Crippen LogP contribution in [-0.2, 0) is 16.0 Å². The zero-order valence-electron chi connectivity index (χ0n) is 20.0. The molecule has 1 amide bonds. The van der Waals surface area contributed by atoms with Crippen molar-refractivity contribution in [2.24, 2.45) is 0 Å². The molecule has 6 nitrogen and oxygen atoms in total. The molecule has 2 aromatic carbocycles. The van der Waals surface area contributed by atoms with E-state index in [1.165, 1.54) is 18.9 Å². The van der Waals surface area contributed by atoms with Gasteiger partial charge in [-0.2, -0.15) is 0 Å². The summed E-state index contributed by atoms with van der Waals surface area (Å²) in [5.74, 6) is 0.813. The number of ether oxygens (including phenoxy) is 2. The highest BCUT2D eigenvalue weighted by molar-refractivity contribution is 5.73. The highest BCUT2D eigenvalue weighted by atomic mass is 16.5. The summed E-state index contributed by atoms with van der Waals surface area (Å²) in [7, 11) is 0. The number of fused-ring (bicyclic) bond motifs is 1. The molecule has 2 aliphatic heterocycles. The second-order valence-corrected chi connectivity index (χ2v) is 10.2. The number of nitrogens with one attached hydrogen (secondary N) is 2. The van der Waals surface area contributed by atoms with E-state index in [1.54, 1.807) is 0 Å². The topological polar surface area (TPSA) is 79.8 Å². The second kappa shape index (κ2) is 10.1. The molecule has 34 heavy (non-hydrogen) atoms. The Bertz CT molecular complexity index is 985. The Balaban J connectivity index is 1.32. The van der Waals surface area contributed by atoms with Crippen LogP contribution in [0.15, 0.2) is 48.5 Å². The molecule has 182 valence electrons. The minimum absolute atomic E-state index is 0.0924. The molecule has 1 saturated carbocycles. The molecule has 2 aromatic rings. The Morgan fingerprint density at radius 1 is 1.18 bits per heavy atom. The maximum Gasteiger partial charge on any atom is 0.217 e. The van der Waals surface area contributed by atoms with Gasteiger partial charge in [-0.05, 0) is 61.8 Å². The first-order valence-corrected chi connectivity index (χ1v) is 12.7.